The van der Waals surface area contributed by atoms with E-state index in [-0.39, 0.29) is 18.1 Å². The molecular weight excluding hydrogens is 332 g/mol. The quantitative estimate of drug-likeness (QED) is 0.772. The van der Waals surface area contributed by atoms with Crippen molar-refractivity contribution in [3.8, 4) is 0 Å². The third-order valence-corrected chi connectivity index (χ3v) is 7.08. The summed E-state index contributed by atoms with van der Waals surface area (Å²) >= 11 is 0. The van der Waals surface area contributed by atoms with Crippen molar-refractivity contribution < 1.29 is 4.79 Å². The summed E-state index contributed by atoms with van der Waals surface area (Å²) in [6, 6.07) is 11.3. The minimum atomic E-state index is 0.0565. The topological polar surface area (TPSA) is 32.3 Å². The normalized spacial score (nSPS) is 30.1. The zero-order valence-electron chi connectivity index (χ0n) is 17.7. The Morgan fingerprint density at radius 3 is 2.56 bits per heavy atom. The van der Waals surface area contributed by atoms with E-state index in [2.05, 4.69) is 68.2 Å². The van der Waals surface area contributed by atoms with Crippen molar-refractivity contribution in [3.63, 3.8) is 0 Å². The molecule has 3 nitrogen and oxygen atoms in total. The van der Waals surface area contributed by atoms with Gasteiger partial charge in [0.05, 0.1) is 0 Å². The van der Waals surface area contributed by atoms with Crippen molar-refractivity contribution in [1.29, 1.82) is 0 Å². The summed E-state index contributed by atoms with van der Waals surface area (Å²) in [4.78, 5) is 15.1. The summed E-state index contributed by atoms with van der Waals surface area (Å²) in [6.07, 6.45) is 5.89. The van der Waals surface area contributed by atoms with Gasteiger partial charge in [0.2, 0.25) is 0 Å². The molecule has 0 bridgehead atoms. The average Bonchev–Trinajstić information content (AvgIpc) is 2.88. The molecule has 1 amide bonds. The van der Waals surface area contributed by atoms with Gasteiger partial charge in [-0.25, -0.2) is 0 Å². The Labute approximate surface area is 165 Å². The number of benzene rings is 1. The Bertz CT molecular complexity index is 681. The van der Waals surface area contributed by atoms with Crippen LogP contribution in [0.3, 0.4) is 0 Å². The highest BCUT2D eigenvalue weighted by Gasteiger charge is 2.40. The van der Waals surface area contributed by atoms with E-state index < -0.39 is 0 Å². The second-order valence-corrected chi connectivity index (χ2v) is 8.84. The van der Waals surface area contributed by atoms with Crippen LogP contribution in [0.25, 0.3) is 0 Å². The molecule has 1 aromatic carbocycles. The van der Waals surface area contributed by atoms with Crippen LogP contribution < -0.4 is 5.32 Å². The molecule has 0 unspecified atom stereocenters. The number of amides is 1. The molecule has 1 fully saturated rings. The predicted octanol–water partition coefficient (Wildman–Crippen LogP) is 4.93. The second kappa shape index (κ2) is 8.60. The first-order chi connectivity index (χ1) is 12.9. The van der Waals surface area contributed by atoms with Gasteiger partial charge in [0.15, 0.2) is 0 Å². The maximum Gasteiger partial charge on any atom is 0.251 e. The maximum atomic E-state index is 13.0. The van der Waals surface area contributed by atoms with Crippen molar-refractivity contribution in [2.24, 2.45) is 11.8 Å². The van der Waals surface area contributed by atoms with Crippen LogP contribution in [0.1, 0.15) is 65.9 Å². The van der Waals surface area contributed by atoms with Crippen LogP contribution in [0, 0.1) is 11.8 Å². The van der Waals surface area contributed by atoms with Crippen molar-refractivity contribution >= 4 is 5.91 Å². The largest absolute Gasteiger partial charge is 0.317 e. The third kappa shape index (κ3) is 4.29. The Hall–Kier alpha value is -1.61. The monoisotopic (exact) mass is 368 g/mol. The lowest BCUT2D eigenvalue weighted by Gasteiger charge is -2.40. The fourth-order valence-corrected chi connectivity index (χ4v) is 4.73. The molecule has 0 radical (unpaired) electrons. The summed E-state index contributed by atoms with van der Waals surface area (Å²) in [5, 5.41) is 3.88. The van der Waals surface area contributed by atoms with Crippen LogP contribution >= 0.6 is 0 Å². The van der Waals surface area contributed by atoms with Crippen LogP contribution in [0.4, 0.5) is 0 Å². The number of nitrogens with zero attached hydrogens (tertiary/aromatic N) is 1. The number of carbonyl (C=O) groups is 1. The van der Waals surface area contributed by atoms with Gasteiger partial charge < -0.3 is 4.90 Å². The van der Waals surface area contributed by atoms with Gasteiger partial charge >= 0.3 is 0 Å². The van der Waals surface area contributed by atoms with Crippen LogP contribution in [0.15, 0.2) is 41.5 Å². The third-order valence-electron chi connectivity index (χ3n) is 7.08. The lowest BCUT2D eigenvalue weighted by molar-refractivity contribution is -0.130. The van der Waals surface area contributed by atoms with Crippen LogP contribution in [0.2, 0.25) is 0 Å². The van der Waals surface area contributed by atoms with E-state index in [1.54, 1.807) is 0 Å². The summed E-state index contributed by atoms with van der Waals surface area (Å²) in [7, 11) is 0. The number of rotatable bonds is 6. The van der Waals surface area contributed by atoms with E-state index in [4.69, 9.17) is 0 Å². The van der Waals surface area contributed by atoms with Gasteiger partial charge in [-0.3, -0.25) is 10.1 Å². The molecule has 1 aliphatic carbocycles. The first-order valence-corrected chi connectivity index (χ1v) is 10.7. The molecule has 1 aromatic rings. The molecule has 5 atom stereocenters. The number of hydrogen-bond acceptors (Lipinski definition) is 2. The van der Waals surface area contributed by atoms with E-state index in [1.807, 2.05) is 6.92 Å². The Kier molecular flexibility index (Phi) is 6.41. The predicted molar refractivity (Wildman–Crippen MR) is 112 cm³/mol. The molecule has 3 heteroatoms. The number of carbonyl (C=O) groups excluding carboxylic acids is 1. The molecule has 0 spiro atoms. The first-order valence-electron chi connectivity index (χ1n) is 10.7. The lowest BCUT2D eigenvalue weighted by atomic mass is 9.78. The molecule has 3 rings (SSSR count). The van der Waals surface area contributed by atoms with Gasteiger partial charge in [0, 0.05) is 17.7 Å². The fourth-order valence-electron chi connectivity index (χ4n) is 4.73. The first kappa shape index (κ1) is 20.1. The van der Waals surface area contributed by atoms with Gasteiger partial charge in [-0.15, -0.1) is 0 Å². The molecule has 1 heterocycles. The molecule has 27 heavy (non-hydrogen) atoms. The van der Waals surface area contributed by atoms with E-state index in [9.17, 15) is 4.79 Å². The van der Waals surface area contributed by atoms with Gasteiger partial charge in [-0.1, -0.05) is 57.0 Å². The van der Waals surface area contributed by atoms with Crippen LogP contribution in [-0.2, 0) is 11.2 Å². The van der Waals surface area contributed by atoms with E-state index in [0.29, 0.717) is 12.0 Å². The standard InChI is InChI=1S/C24H36N2O/c1-16-10-9-13-22(18(16)3)25-23-19(4)20(5)24(27)26(23)17(2)14-15-21-11-7-6-8-12-21/h6-8,11-12,16-18,22-23,25H,9-10,13-15H2,1-5H3/t16-,17-,18+,22+,23+/m0/s1. The number of aryl methyl sites for hydroxylation is 1. The number of hydrogen-bond donors (Lipinski definition) is 1. The Morgan fingerprint density at radius 1 is 1.15 bits per heavy atom. The average molecular weight is 369 g/mol. The maximum absolute atomic E-state index is 13.0. The summed E-state index contributed by atoms with van der Waals surface area (Å²) < 4.78 is 0. The minimum absolute atomic E-state index is 0.0565. The smallest absolute Gasteiger partial charge is 0.251 e. The molecule has 0 saturated heterocycles. The highest BCUT2D eigenvalue weighted by molar-refractivity contribution is 5.97. The Balaban J connectivity index is 1.70. The van der Waals surface area contributed by atoms with Crippen molar-refractivity contribution in [3.05, 3.63) is 47.0 Å². The molecule has 1 aliphatic heterocycles. The Morgan fingerprint density at radius 2 is 1.85 bits per heavy atom. The molecule has 0 aromatic heterocycles. The molecular formula is C24H36N2O. The highest BCUT2D eigenvalue weighted by atomic mass is 16.2. The molecule has 1 saturated carbocycles. The van der Waals surface area contributed by atoms with E-state index >= 15 is 0 Å². The number of nitrogens with one attached hydrogen (secondary N) is 1. The van der Waals surface area contributed by atoms with Crippen molar-refractivity contribution in [1.82, 2.24) is 10.2 Å². The molecule has 2 aliphatic rings. The van der Waals surface area contributed by atoms with E-state index in [1.165, 1.54) is 30.4 Å². The zero-order valence-corrected chi connectivity index (χ0v) is 17.7. The SMILES string of the molecule is CC1=C(C)[C@H](N[C@@H]2CCC[C@H](C)[C@H]2C)N([C@@H](C)CCc2ccccc2)C1=O. The summed E-state index contributed by atoms with van der Waals surface area (Å²) in [5.74, 6) is 1.62. The summed E-state index contributed by atoms with van der Waals surface area (Å²) in [6.45, 7) is 11.1. The fraction of sp³-hybridized carbons (Fsp3) is 0.625. The van der Waals surface area contributed by atoms with Crippen LogP contribution in [-0.4, -0.2) is 29.1 Å². The molecule has 148 valence electrons. The zero-order chi connectivity index (χ0) is 19.6. The minimum Gasteiger partial charge on any atom is -0.317 e. The van der Waals surface area contributed by atoms with Crippen LogP contribution in [0.5, 0.6) is 0 Å². The van der Waals surface area contributed by atoms with Gasteiger partial charge in [-0.05, 0) is 63.0 Å². The lowest BCUT2D eigenvalue weighted by Crippen LogP contribution is -2.55. The van der Waals surface area contributed by atoms with Crippen molar-refractivity contribution in [2.75, 3.05) is 0 Å². The van der Waals surface area contributed by atoms with Crippen molar-refractivity contribution in [2.45, 2.75) is 85.0 Å². The summed E-state index contributed by atoms with van der Waals surface area (Å²) in [5.41, 5.74) is 3.48. The van der Waals surface area contributed by atoms with Gasteiger partial charge in [-0.2, -0.15) is 0 Å². The second-order valence-electron chi connectivity index (χ2n) is 8.84. The highest BCUT2D eigenvalue weighted by Crippen LogP contribution is 2.33. The van der Waals surface area contributed by atoms with E-state index in [0.717, 1.165) is 24.3 Å². The molecule has 1 N–H and O–H groups in total. The van der Waals surface area contributed by atoms with Gasteiger partial charge in [0.25, 0.3) is 5.91 Å². The van der Waals surface area contributed by atoms with Gasteiger partial charge in [0.1, 0.15) is 6.17 Å².